The first-order valence-corrected chi connectivity index (χ1v) is 13.7. The van der Waals surface area contributed by atoms with Crippen molar-refractivity contribution >= 4 is 22.9 Å². The predicted octanol–water partition coefficient (Wildman–Crippen LogP) is 5.60. The number of benzene rings is 2. The highest BCUT2D eigenvalue weighted by molar-refractivity contribution is 5.94. The van der Waals surface area contributed by atoms with Crippen molar-refractivity contribution in [1.29, 1.82) is 0 Å². The highest BCUT2D eigenvalue weighted by Gasteiger charge is 2.27. The van der Waals surface area contributed by atoms with E-state index >= 15 is 0 Å². The van der Waals surface area contributed by atoms with Crippen molar-refractivity contribution in [2.75, 3.05) is 31.9 Å². The van der Waals surface area contributed by atoms with Gasteiger partial charge in [-0.1, -0.05) is 43.0 Å². The van der Waals surface area contributed by atoms with Crippen LogP contribution >= 0.6 is 0 Å². The number of para-hydroxylation sites is 1. The molecule has 0 amide bonds. The minimum Gasteiger partial charge on any atom is -0.457 e. The van der Waals surface area contributed by atoms with E-state index in [1.807, 2.05) is 42.5 Å². The number of nitrogen functional groups attached to an aromatic ring is 1. The molecule has 2 aromatic carbocycles. The van der Waals surface area contributed by atoms with E-state index in [9.17, 15) is 0 Å². The molecule has 0 saturated heterocycles. The summed E-state index contributed by atoms with van der Waals surface area (Å²) >= 11 is 0. The lowest BCUT2D eigenvalue weighted by Gasteiger charge is -2.15. The summed E-state index contributed by atoms with van der Waals surface area (Å²) in [6, 6.07) is 18.7. The first-order chi connectivity index (χ1) is 18.7. The summed E-state index contributed by atoms with van der Waals surface area (Å²) in [7, 11) is 0. The van der Waals surface area contributed by atoms with Gasteiger partial charge in [-0.25, -0.2) is 9.97 Å². The number of nitrogens with two attached hydrogens (primary N) is 1. The molecule has 38 heavy (non-hydrogen) atoms. The molecule has 4 aromatic rings. The molecule has 1 aliphatic rings. The SMILES string of the molecule is C=Cc1cn(C2CCC(CNCCCNCCc3cccc(Oc4ccccc4)c3)C2)c2ncnc(N)c12. The molecule has 1 aliphatic carbocycles. The van der Waals surface area contributed by atoms with Crippen molar-refractivity contribution in [3.8, 4) is 11.5 Å². The summed E-state index contributed by atoms with van der Waals surface area (Å²) in [5.74, 6) is 2.96. The second-order valence-electron chi connectivity index (χ2n) is 10.1. The zero-order chi connectivity index (χ0) is 26.2. The van der Waals surface area contributed by atoms with Crippen molar-refractivity contribution in [2.45, 2.75) is 38.1 Å². The van der Waals surface area contributed by atoms with Crippen molar-refractivity contribution in [1.82, 2.24) is 25.2 Å². The number of nitrogens with one attached hydrogen (secondary N) is 2. The third kappa shape index (κ3) is 6.41. The molecule has 0 spiro atoms. The van der Waals surface area contributed by atoms with Crippen LogP contribution in [0.5, 0.6) is 11.5 Å². The zero-order valence-electron chi connectivity index (χ0n) is 22.0. The van der Waals surface area contributed by atoms with Crippen molar-refractivity contribution in [2.24, 2.45) is 5.92 Å². The molecule has 2 unspecified atom stereocenters. The maximum atomic E-state index is 6.13. The fourth-order valence-corrected chi connectivity index (χ4v) is 5.45. The molecule has 198 valence electrons. The van der Waals surface area contributed by atoms with Crippen LogP contribution in [-0.2, 0) is 6.42 Å². The summed E-state index contributed by atoms with van der Waals surface area (Å²) in [5, 5.41) is 8.17. The Morgan fingerprint density at radius 1 is 1.00 bits per heavy atom. The van der Waals surface area contributed by atoms with Gasteiger partial charge in [-0.2, -0.15) is 0 Å². The van der Waals surface area contributed by atoms with E-state index in [2.05, 4.69) is 56.1 Å². The van der Waals surface area contributed by atoms with Crippen LogP contribution in [0.3, 0.4) is 0 Å². The molecule has 7 nitrogen and oxygen atoms in total. The molecule has 2 aromatic heterocycles. The lowest BCUT2D eigenvalue weighted by atomic mass is 10.1. The van der Waals surface area contributed by atoms with Crippen LogP contribution in [0, 0.1) is 5.92 Å². The van der Waals surface area contributed by atoms with Crippen LogP contribution in [0.15, 0.2) is 73.7 Å². The number of rotatable bonds is 13. The van der Waals surface area contributed by atoms with E-state index in [1.54, 1.807) is 6.33 Å². The summed E-state index contributed by atoms with van der Waals surface area (Å²) in [5.41, 5.74) is 9.35. The van der Waals surface area contributed by atoms with Crippen LogP contribution < -0.4 is 21.1 Å². The Bertz CT molecular complexity index is 1330. The largest absolute Gasteiger partial charge is 0.457 e. The minimum absolute atomic E-state index is 0.450. The third-order valence-corrected chi connectivity index (χ3v) is 7.40. The predicted molar refractivity (Wildman–Crippen MR) is 155 cm³/mol. The quantitative estimate of drug-likeness (QED) is 0.203. The van der Waals surface area contributed by atoms with Gasteiger partial charge < -0.3 is 25.7 Å². The number of hydrogen-bond donors (Lipinski definition) is 3. The number of ether oxygens (including phenoxy) is 1. The molecule has 7 heteroatoms. The molecular weight excluding hydrogens is 472 g/mol. The van der Waals surface area contributed by atoms with Crippen molar-refractivity contribution in [3.05, 3.63) is 84.8 Å². The standard InChI is InChI=1S/C31H38N6O/c1-2-25-21-37(31-29(25)30(32)35-22-36-31)26-13-12-24(18-26)20-34-16-7-15-33-17-14-23-8-6-11-28(19-23)38-27-9-4-3-5-10-27/h2-6,8-11,19,21-22,24,26,33-34H,1,7,12-18,20H2,(H2,32,35,36). The number of nitrogens with zero attached hydrogens (tertiary/aromatic N) is 3. The van der Waals surface area contributed by atoms with Gasteiger partial charge in [0.05, 0.1) is 5.39 Å². The Labute approximate surface area is 225 Å². The maximum Gasteiger partial charge on any atom is 0.146 e. The van der Waals surface area contributed by atoms with Gasteiger partial charge in [0.2, 0.25) is 0 Å². The Hall–Kier alpha value is -3.68. The van der Waals surface area contributed by atoms with Gasteiger partial charge in [0.15, 0.2) is 0 Å². The second kappa shape index (κ2) is 12.7. The van der Waals surface area contributed by atoms with Gasteiger partial charge in [-0.3, -0.25) is 0 Å². The van der Waals surface area contributed by atoms with E-state index in [0.29, 0.717) is 17.8 Å². The molecule has 4 N–H and O–H groups in total. The van der Waals surface area contributed by atoms with E-state index in [-0.39, 0.29) is 0 Å². The van der Waals surface area contributed by atoms with Crippen LogP contribution in [0.1, 0.15) is 42.9 Å². The van der Waals surface area contributed by atoms with E-state index in [1.165, 1.54) is 12.0 Å². The normalized spacial score (nSPS) is 17.2. The fraction of sp³-hybridized carbons (Fsp3) is 0.355. The summed E-state index contributed by atoms with van der Waals surface area (Å²) in [6.45, 7) is 8.02. The van der Waals surface area contributed by atoms with E-state index in [4.69, 9.17) is 10.5 Å². The zero-order valence-corrected chi connectivity index (χ0v) is 22.0. The summed E-state index contributed by atoms with van der Waals surface area (Å²) in [6.07, 6.45) is 11.2. The van der Waals surface area contributed by atoms with Gasteiger partial charge in [0, 0.05) is 17.8 Å². The van der Waals surface area contributed by atoms with Crippen LogP contribution in [-0.4, -0.2) is 40.7 Å². The fourth-order valence-electron chi connectivity index (χ4n) is 5.45. The number of hydrogen-bond acceptors (Lipinski definition) is 6. The Morgan fingerprint density at radius 2 is 1.84 bits per heavy atom. The van der Waals surface area contributed by atoms with Crippen molar-refractivity contribution in [3.63, 3.8) is 0 Å². The van der Waals surface area contributed by atoms with Gasteiger partial charge in [0.1, 0.15) is 29.3 Å². The Balaban J connectivity index is 0.977. The highest BCUT2D eigenvalue weighted by Crippen LogP contribution is 2.38. The maximum absolute atomic E-state index is 6.13. The Kier molecular flexibility index (Phi) is 8.68. The molecule has 1 saturated carbocycles. The number of fused-ring (bicyclic) bond motifs is 1. The third-order valence-electron chi connectivity index (χ3n) is 7.40. The van der Waals surface area contributed by atoms with Gasteiger partial charge in [-0.05, 0) is 94.0 Å². The smallest absolute Gasteiger partial charge is 0.146 e. The lowest BCUT2D eigenvalue weighted by molar-refractivity contribution is 0.452. The van der Waals surface area contributed by atoms with Crippen molar-refractivity contribution < 1.29 is 4.74 Å². The Morgan fingerprint density at radius 3 is 2.71 bits per heavy atom. The molecule has 0 aliphatic heterocycles. The highest BCUT2D eigenvalue weighted by atomic mass is 16.5. The van der Waals surface area contributed by atoms with E-state index < -0.39 is 0 Å². The summed E-state index contributed by atoms with van der Waals surface area (Å²) in [4.78, 5) is 8.69. The van der Waals surface area contributed by atoms with E-state index in [0.717, 1.165) is 80.0 Å². The molecule has 5 rings (SSSR count). The minimum atomic E-state index is 0.450. The first-order valence-electron chi connectivity index (χ1n) is 13.7. The van der Waals surface area contributed by atoms with Gasteiger partial charge in [-0.15, -0.1) is 0 Å². The van der Waals surface area contributed by atoms with Gasteiger partial charge in [0.25, 0.3) is 0 Å². The summed E-state index contributed by atoms with van der Waals surface area (Å²) < 4.78 is 8.24. The average Bonchev–Trinajstić information content (AvgIpc) is 3.56. The van der Waals surface area contributed by atoms with Gasteiger partial charge >= 0.3 is 0 Å². The second-order valence-corrected chi connectivity index (χ2v) is 10.1. The molecule has 1 fully saturated rings. The first kappa shape index (κ1) is 25.9. The van der Waals surface area contributed by atoms with Crippen LogP contribution in [0.4, 0.5) is 5.82 Å². The number of anilines is 1. The molecule has 2 atom stereocenters. The number of aromatic nitrogens is 3. The van der Waals surface area contributed by atoms with Crippen LogP contribution in [0.2, 0.25) is 0 Å². The molecule has 2 heterocycles. The molecule has 0 bridgehead atoms. The van der Waals surface area contributed by atoms with Crippen LogP contribution in [0.25, 0.3) is 17.1 Å². The topological polar surface area (TPSA) is 90.0 Å². The lowest BCUT2D eigenvalue weighted by Crippen LogP contribution is -2.26. The monoisotopic (exact) mass is 510 g/mol. The molecule has 0 radical (unpaired) electrons. The molecular formula is C31H38N6O. The average molecular weight is 511 g/mol.